The van der Waals surface area contributed by atoms with Crippen molar-refractivity contribution in [2.24, 2.45) is 0 Å². The van der Waals surface area contributed by atoms with Gasteiger partial charge in [-0.05, 0) is 81.2 Å². The maximum absolute atomic E-state index is 6.36. The lowest BCUT2D eigenvalue weighted by atomic mass is 9.98. The molecule has 2 heterocycles. The van der Waals surface area contributed by atoms with Gasteiger partial charge in [-0.2, -0.15) is 0 Å². The largest absolute Gasteiger partial charge is 0.456 e. The van der Waals surface area contributed by atoms with Gasteiger partial charge >= 0.3 is 0 Å². The fourth-order valence-electron chi connectivity index (χ4n) is 7.20. The van der Waals surface area contributed by atoms with Crippen LogP contribution in [0.5, 0.6) is 0 Å². The molecule has 0 fully saturated rings. The van der Waals surface area contributed by atoms with Gasteiger partial charge in [0.05, 0.1) is 0 Å². The summed E-state index contributed by atoms with van der Waals surface area (Å²) in [6, 6.07) is 59.0. The van der Waals surface area contributed by atoms with Crippen molar-refractivity contribution in [3.8, 4) is 11.1 Å². The topological polar surface area (TPSA) is 16.4 Å². The second kappa shape index (κ2) is 10.3. The van der Waals surface area contributed by atoms with E-state index in [1.54, 1.807) is 0 Å². The number of hydrogen-bond acceptors (Lipinski definition) is 3. The van der Waals surface area contributed by atoms with E-state index in [1.165, 1.54) is 52.8 Å². The average molecular weight is 618 g/mol. The number of rotatable bonds is 4. The summed E-state index contributed by atoms with van der Waals surface area (Å²) < 4.78 is 8.99. The van der Waals surface area contributed by atoms with E-state index < -0.39 is 0 Å². The lowest BCUT2D eigenvalue weighted by Gasteiger charge is -2.26. The summed E-state index contributed by atoms with van der Waals surface area (Å²) in [6.45, 7) is 0. The summed E-state index contributed by atoms with van der Waals surface area (Å²) in [7, 11) is 0. The highest BCUT2D eigenvalue weighted by molar-refractivity contribution is 7.26. The average Bonchev–Trinajstić information content (AvgIpc) is 3.70. The maximum atomic E-state index is 6.36. The number of fused-ring (bicyclic) bond motifs is 9. The van der Waals surface area contributed by atoms with Crippen LogP contribution in [-0.4, -0.2) is 0 Å². The van der Waals surface area contributed by atoms with Crippen LogP contribution >= 0.6 is 11.3 Å². The Kier molecular flexibility index (Phi) is 5.78. The highest BCUT2D eigenvalue weighted by atomic mass is 32.1. The van der Waals surface area contributed by atoms with E-state index in [4.69, 9.17) is 4.42 Å². The highest BCUT2D eigenvalue weighted by Gasteiger charge is 2.18. The Hall–Kier alpha value is -5.90. The van der Waals surface area contributed by atoms with Crippen LogP contribution in [0.2, 0.25) is 0 Å². The molecule has 0 saturated carbocycles. The molecule has 0 spiro atoms. The van der Waals surface area contributed by atoms with Gasteiger partial charge in [0.25, 0.3) is 0 Å². The van der Waals surface area contributed by atoms with E-state index in [0.29, 0.717) is 0 Å². The Morgan fingerprint density at radius 3 is 1.91 bits per heavy atom. The third-order valence-corrected chi connectivity index (χ3v) is 10.7. The third-order valence-electron chi connectivity index (χ3n) is 9.45. The SMILES string of the molecule is c1ccc2c(-c3ccc(N(c4ccc5c(c4)oc4ccccc45)c4ccc5sc6c7ccccc7ccc6c5c4)cc3)cccc2c1. The van der Waals surface area contributed by atoms with Crippen LogP contribution in [0.1, 0.15) is 0 Å². The van der Waals surface area contributed by atoms with Crippen molar-refractivity contribution in [2.75, 3.05) is 4.90 Å². The molecule has 47 heavy (non-hydrogen) atoms. The van der Waals surface area contributed by atoms with Gasteiger partial charge in [0.15, 0.2) is 0 Å². The minimum atomic E-state index is 0.884. The van der Waals surface area contributed by atoms with Crippen LogP contribution in [0.3, 0.4) is 0 Å². The molecule has 0 aliphatic carbocycles. The molecule has 0 unspecified atom stereocenters. The van der Waals surface area contributed by atoms with Gasteiger partial charge in [-0.3, -0.25) is 0 Å². The van der Waals surface area contributed by atoms with Gasteiger partial charge in [0, 0.05) is 54.1 Å². The lowest BCUT2D eigenvalue weighted by molar-refractivity contribution is 0.669. The molecule has 220 valence electrons. The number of benzene rings is 8. The van der Waals surface area contributed by atoms with Crippen LogP contribution in [-0.2, 0) is 0 Å². The predicted molar refractivity (Wildman–Crippen MR) is 202 cm³/mol. The number of furan rings is 1. The van der Waals surface area contributed by atoms with E-state index in [1.807, 2.05) is 23.5 Å². The number of anilines is 3. The van der Waals surface area contributed by atoms with Crippen molar-refractivity contribution in [2.45, 2.75) is 0 Å². The molecule has 0 atom stereocenters. The second-order valence-electron chi connectivity index (χ2n) is 12.1. The van der Waals surface area contributed by atoms with Gasteiger partial charge in [-0.15, -0.1) is 11.3 Å². The summed E-state index contributed by atoms with van der Waals surface area (Å²) in [6.07, 6.45) is 0. The zero-order chi connectivity index (χ0) is 30.9. The van der Waals surface area contributed by atoms with E-state index >= 15 is 0 Å². The first-order chi connectivity index (χ1) is 23.3. The Labute approximate surface area is 275 Å². The van der Waals surface area contributed by atoms with E-state index in [2.05, 4.69) is 157 Å². The van der Waals surface area contributed by atoms with Crippen molar-refractivity contribution in [3.05, 3.63) is 164 Å². The summed E-state index contributed by atoms with van der Waals surface area (Å²) >= 11 is 1.87. The van der Waals surface area contributed by atoms with Crippen LogP contribution < -0.4 is 4.90 Å². The van der Waals surface area contributed by atoms with E-state index in [0.717, 1.165) is 39.0 Å². The molecular weight excluding hydrogens is 591 g/mol. The molecule has 8 aromatic carbocycles. The molecule has 0 saturated heterocycles. The molecule has 2 nitrogen and oxygen atoms in total. The molecular formula is C44H27NOS. The molecule has 0 aliphatic heterocycles. The van der Waals surface area contributed by atoms with Crippen molar-refractivity contribution in [1.29, 1.82) is 0 Å². The van der Waals surface area contributed by atoms with Crippen LogP contribution in [0.15, 0.2) is 168 Å². The summed E-state index contributed by atoms with van der Waals surface area (Å²) in [5, 5.41) is 9.93. The normalized spacial score (nSPS) is 11.8. The summed E-state index contributed by atoms with van der Waals surface area (Å²) in [5.74, 6) is 0. The summed E-state index contributed by atoms with van der Waals surface area (Å²) in [4.78, 5) is 2.35. The zero-order valence-corrected chi connectivity index (χ0v) is 26.2. The van der Waals surface area contributed by atoms with Gasteiger partial charge in [0.2, 0.25) is 0 Å². The predicted octanol–water partition coefficient (Wildman–Crippen LogP) is 13.4. The molecule has 0 amide bonds. The number of thiophene rings is 1. The Morgan fingerprint density at radius 1 is 0.404 bits per heavy atom. The van der Waals surface area contributed by atoms with Gasteiger partial charge < -0.3 is 9.32 Å². The second-order valence-corrected chi connectivity index (χ2v) is 13.2. The first kappa shape index (κ1) is 26.3. The molecule has 3 heteroatoms. The van der Waals surface area contributed by atoms with Gasteiger partial charge in [-0.1, -0.05) is 109 Å². The minimum Gasteiger partial charge on any atom is -0.456 e. The van der Waals surface area contributed by atoms with Crippen molar-refractivity contribution in [1.82, 2.24) is 0 Å². The maximum Gasteiger partial charge on any atom is 0.137 e. The standard InChI is InChI=1S/C44H27NOS/c1-3-11-34-28(8-1)10-7-14-35(34)30-16-19-31(20-17-30)45(33-21-24-38-37-13-5-6-15-41(37)46-42(38)27-33)32-22-25-43-40(26-32)39-23-18-29-9-2-4-12-36(29)44(39)47-43/h1-27H. The van der Waals surface area contributed by atoms with E-state index in [-0.39, 0.29) is 0 Å². The first-order valence-electron chi connectivity index (χ1n) is 15.9. The Bertz CT molecular complexity index is 2800. The van der Waals surface area contributed by atoms with E-state index in [9.17, 15) is 0 Å². The fourth-order valence-corrected chi connectivity index (χ4v) is 8.42. The van der Waals surface area contributed by atoms with Crippen molar-refractivity contribution < 1.29 is 4.42 Å². The van der Waals surface area contributed by atoms with Crippen molar-refractivity contribution in [3.63, 3.8) is 0 Å². The Morgan fingerprint density at radius 2 is 1.04 bits per heavy atom. The molecule has 10 rings (SSSR count). The number of nitrogens with zero attached hydrogens (tertiary/aromatic N) is 1. The summed E-state index contributed by atoms with van der Waals surface area (Å²) in [5.41, 5.74) is 7.48. The number of para-hydroxylation sites is 1. The zero-order valence-electron chi connectivity index (χ0n) is 25.4. The van der Waals surface area contributed by atoms with Crippen LogP contribution in [0.4, 0.5) is 17.1 Å². The lowest BCUT2D eigenvalue weighted by Crippen LogP contribution is -2.09. The van der Waals surface area contributed by atoms with Gasteiger partial charge in [-0.25, -0.2) is 0 Å². The quantitative estimate of drug-likeness (QED) is 0.195. The first-order valence-corrected chi connectivity index (χ1v) is 16.7. The molecule has 2 aromatic heterocycles. The molecule has 0 bridgehead atoms. The van der Waals surface area contributed by atoms with Crippen LogP contribution in [0.25, 0.3) is 74.8 Å². The fraction of sp³-hybridized carbons (Fsp3) is 0. The minimum absolute atomic E-state index is 0.884. The number of hydrogen-bond donors (Lipinski definition) is 0. The molecule has 10 aromatic rings. The van der Waals surface area contributed by atoms with Crippen LogP contribution in [0, 0.1) is 0 Å². The van der Waals surface area contributed by atoms with Crippen molar-refractivity contribution >= 4 is 92.1 Å². The monoisotopic (exact) mass is 617 g/mol. The molecule has 0 radical (unpaired) electrons. The third kappa shape index (κ3) is 4.17. The smallest absolute Gasteiger partial charge is 0.137 e. The highest BCUT2D eigenvalue weighted by Crippen LogP contribution is 2.44. The molecule has 0 aliphatic rings. The Balaban J connectivity index is 1.16. The molecule has 0 N–H and O–H groups in total. The van der Waals surface area contributed by atoms with Gasteiger partial charge in [0.1, 0.15) is 11.2 Å².